The Labute approximate surface area is 139 Å². The Morgan fingerprint density at radius 1 is 1.30 bits per heavy atom. The first kappa shape index (κ1) is 19.9. The number of nitrogens with one attached hydrogen (secondary N) is 2. The topological polar surface area (TPSA) is 96.6 Å². The zero-order valence-corrected chi connectivity index (χ0v) is 15.4. The molecule has 1 saturated carbocycles. The van der Waals surface area contributed by atoms with Crippen molar-refractivity contribution in [2.75, 3.05) is 18.8 Å². The van der Waals surface area contributed by atoms with Crippen LogP contribution in [0.1, 0.15) is 39.5 Å². The average molecular weight is 418 g/mol. The van der Waals surface area contributed by atoms with Gasteiger partial charge in [0.2, 0.25) is 10.0 Å². The van der Waals surface area contributed by atoms with Crippen molar-refractivity contribution in [2.24, 2.45) is 16.0 Å². The van der Waals surface area contributed by atoms with Crippen LogP contribution in [-0.4, -0.2) is 39.3 Å². The molecule has 1 fully saturated rings. The fourth-order valence-corrected chi connectivity index (χ4v) is 2.55. The van der Waals surface area contributed by atoms with Crippen molar-refractivity contribution in [3.8, 4) is 0 Å². The summed E-state index contributed by atoms with van der Waals surface area (Å²) in [6.07, 6.45) is 4.74. The van der Waals surface area contributed by atoms with Gasteiger partial charge in [-0.2, -0.15) is 0 Å². The van der Waals surface area contributed by atoms with Gasteiger partial charge in [-0.1, -0.05) is 6.92 Å². The summed E-state index contributed by atoms with van der Waals surface area (Å²) in [4.78, 5) is 4.25. The summed E-state index contributed by atoms with van der Waals surface area (Å²) in [5.74, 6) is 1.37. The molecule has 0 aromatic carbocycles. The van der Waals surface area contributed by atoms with Gasteiger partial charge >= 0.3 is 0 Å². The molecule has 1 aliphatic rings. The van der Waals surface area contributed by atoms with Gasteiger partial charge in [-0.15, -0.1) is 24.0 Å². The smallest absolute Gasteiger partial charge is 0.210 e. The van der Waals surface area contributed by atoms with Crippen molar-refractivity contribution in [3.63, 3.8) is 0 Å². The summed E-state index contributed by atoms with van der Waals surface area (Å²) in [6, 6.07) is 0.434. The number of aliphatic imine (C=N–C) groups is 1. The van der Waals surface area contributed by atoms with Crippen molar-refractivity contribution < 1.29 is 8.42 Å². The summed E-state index contributed by atoms with van der Waals surface area (Å²) in [6.45, 7) is 5.21. The van der Waals surface area contributed by atoms with E-state index in [0.717, 1.165) is 25.3 Å². The first-order valence-electron chi connectivity index (χ1n) is 6.96. The van der Waals surface area contributed by atoms with Gasteiger partial charge in [-0.25, -0.2) is 13.6 Å². The number of hydrogen-bond acceptors (Lipinski definition) is 3. The van der Waals surface area contributed by atoms with Crippen molar-refractivity contribution in [1.29, 1.82) is 0 Å². The fourth-order valence-electron chi connectivity index (χ4n) is 2.20. The highest BCUT2D eigenvalue weighted by atomic mass is 127. The van der Waals surface area contributed by atoms with Crippen molar-refractivity contribution >= 4 is 40.0 Å². The van der Waals surface area contributed by atoms with Crippen LogP contribution >= 0.6 is 24.0 Å². The molecule has 6 nitrogen and oxygen atoms in total. The maximum absolute atomic E-state index is 10.9. The third kappa shape index (κ3) is 8.96. The summed E-state index contributed by atoms with van der Waals surface area (Å²) in [7, 11) is -3.44. The molecule has 0 aromatic rings. The van der Waals surface area contributed by atoms with Crippen molar-refractivity contribution in [1.82, 2.24) is 10.6 Å². The van der Waals surface area contributed by atoms with E-state index in [1.54, 1.807) is 0 Å². The summed E-state index contributed by atoms with van der Waals surface area (Å²) in [5, 5.41) is 11.5. The van der Waals surface area contributed by atoms with Crippen molar-refractivity contribution in [3.05, 3.63) is 0 Å². The molecule has 0 atom stereocenters. The van der Waals surface area contributed by atoms with E-state index in [0.29, 0.717) is 12.0 Å². The lowest BCUT2D eigenvalue weighted by molar-refractivity contribution is 0.329. The molecule has 0 heterocycles. The largest absolute Gasteiger partial charge is 0.357 e. The Hall–Kier alpha value is -0.0900. The molecule has 0 bridgehead atoms. The first-order chi connectivity index (χ1) is 8.90. The maximum atomic E-state index is 10.9. The number of sulfonamides is 1. The van der Waals surface area contributed by atoms with Gasteiger partial charge in [-0.05, 0) is 38.5 Å². The van der Waals surface area contributed by atoms with Gasteiger partial charge in [0.25, 0.3) is 0 Å². The number of guanidine groups is 1. The SMILES string of the molecule is CCNC(=NCCS(N)(=O)=O)NC1CCC(C)CC1.I. The molecule has 0 aromatic heterocycles. The van der Waals surface area contributed by atoms with E-state index in [1.807, 2.05) is 6.92 Å². The molecule has 0 saturated heterocycles. The Balaban J connectivity index is 0.00000361. The quantitative estimate of drug-likeness (QED) is 0.353. The van der Waals surface area contributed by atoms with E-state index < -0.39 is 10.0 Å². The highest BCUT2D eigenvalue weighted by Gasteiger charge is 2.18. The Morgan fingerprint density at radius 2 is 1.90 bits per heavy atom. The maximum Gasteiger partial charge on any atom is 0.210 e. The molecule has 4 N–H and O–H groups in total. The summed E-state index contributed by atoms with van der Waals surface area (Å²) >= 11 is 0. The predicted molar refractivity (Wildman–Crippen MR) is 93.9 cm³/mol. The van der Waals surface area contributed by atoms with Gasteiger partial charge in [0.15, 0.2) is 5.96 Å². The Morgan fingerprint density at radius 3 is 2.40 bits per heavy atom. The Kier molecular flexibility index (Phi) is 9.73. The van der Waals surface area contributed by atoms with E-state index in [4.69, 9.17) is 5.14 Å². The third-order valence-corrected chi connectivity index (χ3v) is 4.10. The molecule has 0 unspecified atom stereocenters. The standard InChI is InChI=1S/C12H26N4O2S.HI/c1-3-14-12(15-8-9-19(13,17)18)16-11-6-4-10(2)5-7-11;/h10-11H,3-9H2,1-2H3,(H2,13,17,18)(H2,14,15,16);1H. The lowest BCUT2D eigenvalue weighted by atomic mass is 9.87. The van der Waals surface area contributed by atoms with Gasteiger partial charge in [0.1, 0.15) is 0 Å². The van der Waals surface area contributed by atoms with E-state index in [1.165, 1.54) is 12.8 Å². The van der Waals surface area contributed by atoms with Crippen LogP contribution < -0.4 is 15.8 Å². The number of nitrogens with two attached hydrogens (primary N) is 1. The van der Waals surface area contributed by atoms with Crippen LogP contribution in [0.3, 0.4) is 0 Å². The van der Waals surface area contributed by atoms with Gasteiger partial charge in [0.05, 0.1) is 12.3 Å². The number of halogens is 1. The zero-order chi connectivity index (χ0) is 14.3. The highest BCUT2D eigenvalue weighted by molar-refractivity contribution is 14.0. The van der Waals surface area contributed by atoms with Crippen LogP contribution in [0, 0.1) is 5.92 Å². The molecule has 0 spiro atoms. The number of nitrogens with zero attached hydrogens (tertiary/aromatic N) is 1. The molecule has 0 radical (unpaired) electrons. The molecule has 20 heavy (non-hydrogen) atoms. The van der Waals surface area contributed by atoms with Crippen LogP contribution in [0.15, 0.2) is 4.99 Å². The molecule has 8 heteroatoms. The predicted octanol–water partition coefficient (Wildman–Crippen LogP) is 1.03. The molecule has 120 valence electrons. The fraction of sp³-hybridized carbons (Fsp3) is 0.917. The van der Waals surface area contributed by atoms with Crippen LogP contribution in [0.5, 0.6) is 0 Å². The van der Waals surface area contributed by atoms with Gasteiger partial charge < -0.3 is 10.6 Å². The lowest BCUT2D eigenvalue weighted by Crippen LogP contribution is -2.45. The van der Waals surface area contributed by atoms with Gasteiger partial charge in [0, 0.05) is 12.6 Å². The third-order valence-electron chi connectivity index (χ3n) is 3.35. The normalized spacial score (nSPS) is 23.9. The molecular weight excluding hydrogens is 391 g/mol. The summed E-state index contributed by atoms with van der Waals surface area (Å²) < 4.78 is 21.7. The van der Waals surface area contributed by atoms with Crippen molar-refractivity contribution in [2.45, 2.75) is 45.6 Å². The Bertz CT molecular complexity index is 392. The zero-order valence-electron chi connectivity index (χ0n) is 12.3. The second kappa shape index (κ2) is 9.78. The lowest BCUT2D eigenvalue weighted by Gasteiger charge is -2.28. The van der Waals surface area contributed by atoms with Crippen LogP contribution in [0.25, 0.3) is 0 Å². The monoisotopic (exact) mass is 418 g/mol. The van der Waals surface area contributed by atoms with E-state index in [-0.39, 0.29) is 36.3 Å². The van der Waals surface area contributed by atoms with Gasteiger partial charge in [-0.3, -0.25) is 4.99 Å². The second-order valence-electron chi connectivity index (χ2n) is 5.23. The minimum atomic E-state index is -3.44. The summed E-state index contributed by atoms with van der Waals surface area (Å²) in [5.41, 5.74) is 0. The van der Waals surface area contributed by atoms with E-state index in [9.17, 15) is 8.42 Å². The molecule has 0 amide bonds. The number of primary sulfonamides is 1. The van der Waals surface area contributed by atoms with E-state index in [2.05, 4.69) is 22.5 Å². The first-order valence-corrected chi connectivity index (χ1v) is 8.67. The molecule has 0 aliphatic heterocycles. The minimum absolute atomic E-state index is 0. The van der Waals surface area contributed by atoms with Crippen LogP contribution in [0.4, 0.5) is 0 Å². The number of rotatable bonds is 5. The van der Waals surface area contributed by atoms with Crippen LogP contribution in [0.2, 0.25) is 0 Å². The minimum Gasteiger partial charge on any atom is -0.357 e. The number of hydrogen-bond donors (Lipinski definition) is 3. The molecule has 1 rings (SSSR count). The second-order valence-corrected chi connectivity index (χ2v) is 6.96. The highest BCUT2D eigenvalue weighted by Crippen LogP contribution is 2.23. The molecular formula is C12H27IN4O2S. The average Bonchev–Trinajstić information content (AvgIpc) is 2.30. The van der Waals surface area contributed by atoms with E-state index >= 15 is 0 Å². The van der Waals surface area contributed by atoms with Crippen LogP contribution in [-0.2, 0) is 10.0 Å². The molecule has 1 aliphatic carbocycles.